The Labute approximate surface area is 105 Å². The Balaban J connectivity index is 1.93. The third-order valence-electron chi connectivity index (χ3n) is 5.45. The molecule has 0 bridgehead atoms. The molecule has 0 saturated heterocycles. The predicted octanol–water partition coefficient (Wildman–Crippen LogP) is 1.85. The van der Waals surface area contributed by atoms with Gasteiger partial charge in [0, 0.05) is 0 Å². The molecular formula is C15H26O2-2. The second-order valence-electron chi connectivity index (χ2n) is 6.77. The van der Waals surface area contributed by atoms with Crippen LogP contribution in [0.4, 0.5) is 0 Å². The summed E-state index contributed by atoms with van der Waals surface area (Å²) in [4.78, 5) is 0. The van der Waals surface area contributed by atoms with Gasteiger partial charge in [0.05, 0.1) is 0 Å². The van der Waals surface area contributed by atoms with Gasteiger partial charge >= 0.3 is 0 Å². The van der Waals surface area contributed by atoms with Gasteiger partial charge in [0.15, 0.2) is 0 Å². The maximum absolute atomic E-state index is 11.4. The average molecular weight is 238 g/mol. The van der Waals surface area contributed by atoms with Crippen LogP contribution in [0.25, 0.3) is 0 Å². The van der Waals surface area contributed by atoms with E-state index in [0.717, 1.165) is 51.4 Å². The molecule has 0 amide bonds. The first kappa shape index (κ1) is 13.4. The predicted molar refractivity (Wildman–Crippen MR) is 65.3 cm³/mol. The van der Waals surface area contributed by atoms with Gasteiger partial charge in [0.25, 0.3) is 0 Å². The molecule has 0 spiro atoms. The van der Waals surface area contributed by atoms with Gasteiger partial charge in [0.2, 0.25) is 0 Å². The Kier molecular flexibility index (Phi) is 4.14. The summed E-state index contributed by atoms with van der Waals surface area (Å²) in [6.45, 7) is 4.75. The molecule has 0 radical (unpaired) electrons. The molecule has 17 heavy (non-hydrogen) atoms. The van der Waals surface area contributed by atoms with Crippen molar-refractivity contribution >= 4 is 0 Å². The quantitative estimate of drug-likeness (QED) is 0.737. The molecule has 2 heteroatoms. The van der Waals surface area contributed by atoms with Crippen molar-refractivity contribution in [2.45, 2.75) is 77.4 Å². The highest BCUT2D eigenvalue weighted by molar-refractivity contribution is 4.90. The molecule has 2 aliphatic rings. The maximum atomic E-state index is 11.4. The topological polar surface area (TPSA) is 46.1 Å². The molecule has 2 nitrogen and oxygen atoms in total. The van der Waals surface area contributed by atoms with Crippen LogP contribution in [0.5, 0.6) is 0 Å². The molecule has 0 atom stereocenters. The molecule has 0 aromatic rings. The second-order valence-corrected chi connectivity index (χ2v) is 6.77. The van der Waals surface area contributed by atoms with Gasteiger partial charge in [-0.1, -0.05) is 65.2 Å². The molecule has 0 aromatic heterocycles. The minimum Gasteiger partial charge on any atom is -0.852 e. The molecule has 0 aliphatic heterocycles. The fourth-order valence-corrected chi connectivity index (χ4v) is 3.95. The van der Waals surface area contributed by atoms with Gasteiger partial charge in [0.1, 0.15) is 0 Å². The summed E-state index contributed by atoms with van der Waals surface area (Å²) in [6.07, 6.45) is 7.29. The van der Waals surface area contributed by atoms with Crippen molar-refractivity contribution in [1.82, 2.24) is 0 Å². The van der Waals surface area contributed by atoms with E-state index in [-0.39, 0.29) is 12.2 Å². The summed E-state index contributed by atoms with van der Waals surface area (Å²) in [5.74, 6) is 1.42. The standard InChI is InChI=1S/C15H26O2/c1-15(2,11-3-7-13(16)8-4-11)12-5-9-14(17)10-6-12/h11-14H,3-10H2,1-2H3/q-2. The molecule has 2 fully saturated rings. The molecule has 2 rings (SSSR count). The van der Waals surface area contributed by atoms with Crippen molar-refractivity contribution in [3.8, 4) is 0 Å². The van der Waals surface area contributed by atoms with E-state index >= 15 is 0 Å². The SMILES string of the molecule is CC(C)(C1CCC([O-])CC1)C1CCC([O-])CC1. The zero-order valence-corrected chi connectivity index (χ0v) is 11.3. The lowest BCUT2D eigenvalue weighted by Gasteiger charge is -2.48. The minimum absolute atomic E-state index is 0.306. The van der Waals surface area contributed by atoms with Crippen molar-refractivity contribution in [2.24, 2.45) is 17.3 Å². The van der Waals surface area contributed by atoms with Crippen molar-refractivity contribution < 1.29 is 10.2 Å². The minimum atomic E-state index is -0.306. The Morgan fingerprint density at radius 2 is 0.941 bits per heavy atom. The third kappa shape index (κ3) is 3.03. The van der Waals surface area contributed by atoms with Crippen LogP contribution in [0.15, 0.2) is 0 Å². The molecular weight excluding hydrogens is 212 g/mol. The fraction of sp³-hybridized carbons (Fsp3) is 1.00. The molecule has 0 N–H and O–H groups in total. The van der Waals surface area contributed by atoms with Gasteiger partial charge in [-0.25, -0.2) is 0 Å². The summed E-state index contributed by atoms with van der Waals surface area (Å²) < 4.78 is 0. The number of hydrogen-bond acceptors (Lipinski definition) is 2. The van der Waals surface area contributed by atoms with Crippen molar-refractivity contribution in [3.63, 3.8) is 0 Å². The molecule has 0 unspecified atom stereocenters. The number of hydrogen-bond donors (Lipinski definition) is 0. The van der Waals surface area contributed by atoms with Gasteiger partial charge in [-0.3, -0.25) is 0 Å². The molecule has 0 heterocycles. The van der Waals surface area contributed by atoms with Crippen molar-refractivity contribution in [2.75, 3.05) is 0 Å². The lowest BCUT2D eigenvalue weighted by molar-refractivity contribution is -0.428. The van der Waals surface area contributed by atoms with E-state index in [0.29, 0.717) is 17.3 Å². The highest BCUT2D eigenvalue weighted by atomic mass is 16.3. The van der Waals surface area contributed by atoms with E-state index in [1.807, 2.05) is 0 Å². The van der Waals surface area contributed by atoms with Crippen molar-refractivity contribution in [3.05, 3.63) is 0 Å². The van der Waals surface area contributed by atoms with Crippen molar-refractivity contribution in [1.29, 1.82) is 0 Å². The Morgan fingerprint density at radius 1 is 0.647 bits per heavy atom. The molecule has 2 aliphatic carbocycles. The van der Waals surface area contributed by atoms with E-state index in [1.165, 1.54) is 0 Å². The number of rotatable bonds is 2. The van der Waals surface area contributed by atoms with E-state index < -0.39 is 0 Å². The zero-order chi connectivity index (χ0) is 12.5. The van der Waals surface area contributed by atoms with E-state index in [4.69, 9.17) is 0 Å². The second kappa shape index (κ2) is 5.27. The summed E-state index contributed by atoms with van der Waals surface area (Å²) in [6, 6.07) is 0. The van der Waals surface area contributed by atoms with E-state index in [1.54, 1.807) is 0 Å². The molecule has 0 aromatic carbocycles. The lowest BCUT2D eigenvalue weighted by Crippen LogP contribution is -2.42. The van der Waals surface area contributed by atoms with Crippen LogP contribution >= 0.6 is 0 Å². The van der Waals surface area contributed by atoms with E-state index in [9.17, 15) is 10.2 Å². The van der Waals surface area contributed by atoms with Crippen LogP contribution < -0.4 is 10.2 Å². The van der Waals surface area contributed by atoms with Crippen LogP contribution in [0, 0.1) is 17.3 Å². The first-order valence-electron chi connectivity index (χ1n) is 7.31. The smallest absolute Gasteiger partial charge is 0.0298 e. The largest absolute Gasteiger partial charge is 0.852 e. The third-order valence-corrected chi connectivity index (χ3v) is 5.45. The van der Waals surface area contributed by atoms with Gasteiger partial charge in [-0.2, -0.15) is 0 Å². The monoisotopic (exact) mass is 238 g/mol. The summed E-state index contributed by atoms with van der Waals surface area (Å²) in [5.41, 5.74) is 0.334. The zero-order valence-electron chi connectivity index (χ0n) is 11.3. The first-order chi connectivity index (χ1) is 8.00. The van der Waals surface area contributed by atoms with Crippen LogP contribution in [0.2, 0.25) is 0 Å². The van der Waals surface area contributed by atoms with Gasteiger partial charge in [-0.15, -0.1) is 12.2 Å². The Morgan fingerprint density at radius 3 is 1.24 bits per heavy atom. The van der Waals surface area contributed by atoms with E-state index in [2.05, 4.69) is 13.8 Å². The first-order valence-corrected chi connectivity index (χ1v) is 7.31. The van der Waals surface area contributed by atoms with Gasteiger partial charge < -0.3 is 10.2 Å². The summed E-state index contributed by atoms with van der Waals surface area (Å²) in [5, 5.41) is 22.8. The van der Waals surface area contributed by atoms with Crippen LogP contribution in [-0.2, 0) is 0 Å². The van der Waals surface area contributed by atoms with Gasteiger partial charge in [-0.05, 0) is 17.3 Å². The molecule has 2 saturated carbocycles. The summed E-state index contributed by atoms with van der Waals surface area (Å²) >= 11 is 0. The Bertz CT molecular complexity index is 209. The lowest BCUT2D eigenvalue weighted by atomic mass is 9.60. The average Bonchev–Trinajstić information content (AvgIpc) is 2.30. The maximum Gasteiger partial charge on any atom is -0.0298 e. The van der Waals surface area contributed by atoms with Crippen LogP contribution in [0.3, 0.4) is 0 Å². The Hall–Kier alpha value is -0.0800. The van der Waals surface area contributed by atoms with Crippen LogP contribution in [0.1, 0.15) is 65.2 Å². The van der Waals surface area contributed by atoms with Crippen LogP contribution in [-0.4, -0.2) is 12.2 Å². The highest BCUT2D eigenvalue weighted by Gasteiger charge is 2.38. The molecule has 100 valence electrons. The summed E-state index contributed by atoms with van der Waals surface area (Å²) in [7, 11) is 0. The normalized spacial score (nSPS) is 40.2. The fourth-order valence-electron chi connectivity index (χ4n) is 3.95. The highest BCUT2D eigenvalue weighted by Crippen LogP contribution is 2.47.